The van der Waals surface area contributed by atoms with Gasteiger partial charge in [0.25, 0.3) is 0 Å². The standard InChI is InChI=1S/C11H14BrNO/c12-10-6-7-14-11(10)8-13-9-4-2-1-3-5-9/h1-2,6-7,9,13H,3-5,8H2. The number of hydrogen-bond donors (Lipinski definition) is 1. The lowest BCUT2D eigenvalue weighted by Crippen LogP contribution is -2.29. The minimum atomic E-state index is 0.608. The summed E-state index contributed by atoms with van der Waals surface area (Å²) < 4.78 is 6.38. The Hall–Kier alpha value is -0.540. The van der Waals surface area contributed by atoms with E-state index in [0.717, 1.165) is 23.2 Å². The molecule has 0 aromatic carbocycles. The second-order valence-corrected chi connectivity index (χ2v) is 4.41. The monoisotopic (exact) mass is 255 g/mol. The number of allylic oxidation sites excluding steroid dienone is 1. The van der Waals surface area contributed by atoms with E-state index in [2.05, 4.69) is 33.4 Å². The molecule has 0 saturated carbocycles. The molecule has 1 N–H and O–H groups in total. The molecule has 0 saturated heterocycles. The molecule has 1 aliphatic rings. The van der Waals surface area contributed by atoms with Crippen molar-refractivity contribution in [3.8, 4) is 0 Å². The van der Waals surface area contributed by atoms with Gasteiger partial charge in [-0.3, -0.25) is 0 Å². The SMILES string of the molecule is Brc1ccoc1CNC1CC=CCC1. The Bertz CT molecular complexity index is 319. The van der Waals surface area contributed by atoms with Gasteiger partial charge in [-0.05, 0) is 41.3 Å². The Morgan fingerprint density at radius 1 is 1.50 bits per heavy atom. The van der Waals surface area contributed by atoms with Gasteiger partial charge >= 0.3 is 0 Å². The number of furan rings is 1. The van der Waals surface area contributed by atoms with E-state index in [9.17, 15) is 0 Å². The lowest BCUT2D eigenvalue weighted by molar-refractivity contribution is 0.423. The molecule has 1 atom stereocenters. The zero-order valence-electron chi connectivity index (χ0n) is 8.00. The molecule has 0 spiro atoms. The Kier molecular flexibility index (Phi) is 3.43. The fourth-order valence-electron chi connectivity index (χ4n) is 1.67. The van der Waals surface area contributed by atoms with Crippen molar-refractivity contribution in [1.29, 1.82) is 0 Å². The second-order valence-electron chi connectivity index (χ2n) is 3.55. The van der Waals surface area contributed by atoms with Crippen LogP contribution in [0.1, 0.15) is 25.0 Å². The van der Waals surface area contributed by atoms with E-state index in [1.807, 2.05) is 6.07 Å². The largest absolute Gasteiger partial charge is 0.467 e. The van der Waals surface area contributed by atoms with Crippen LogP contribution >= 0.6 is 15.9 Å². The zero-order valence-corrected chi connectivity index (χ0v) is 9.59. The third-order valence-electron chi connectivity index (χ3n) is 2.51. The predicted molar refractivity (Wildman–Crippen MR) is 60.0 cm³/mol. The molecule has 1 aliphatic carbocycles. The molecule has 0 radical (unpaired) electrons. The lowest BCUT2D eigenvalue weighted by Gasteiger charge is -2.18. The third kappa shape index (κ3) is 2.49. The highest BCUT2D eigenvalue weighted by molar-refractivity contribution is 9.10. The van der Waals surface area contributed by atoms with E-state index in [1.165, 1.54) is 12.8 Å². The van der Waals surface area contributed by atoms with Crippen LogP contribution in [0, 0.1) is 0 Å². The van der Waals surface area contributed by atoms with Crippen molar-refractivity contribution >= 4 is 15.9 Å². The molecular weight excluding hydrogens is 242 g/mol. The first-order valence-corrected chi connectivity index (χ1v) is 5.76. The van der Waals surface area contributed by atoms with E-state index in [-0.39, 0.29) is 0 Å². The van der Waals surface area contributed by atoms with E-state index < -0.39 is 0 Å². The summed E-state index contributed by atoms with van der Waals surface area (Å²) in [5.74, 6) is 0.986. The van der Waals surface area contributed by atoms with Gasteiger partial charge in [0.1, 0.15) is 5.76 Å². The van der Waals surface area contributed by atoms with Gasteiger partial charge in [-0.2, -0.15) is 0 Å². The summed E-state index contributed by atoms with van der Waals surface area (Å²) in [6, 6.07) is 2.54. The molecule has 1 unspecified atom stereocenters. The lowest BCUT2D eigenvalue weighted by atomic mass is 10.0. The van der Waals surface area contributed by atoms with Gasteiger partial charge < -0.3 is 9.73 Å². The van der Waals surface area contributed by atoms with Crippen molar-refractivity contribution in [2.75, 3.05) is 0 Å². The Morgan fingerprint density at radius 2 is 2.43 bits per heavy atom. The van der Waals surface area contributed by atoms with Gasteiger partial charge in [0, 0.05) is 6.04 Å². The third-order valence-corrected chi connectivity index (χ3v) is 3.22. The second kappa shape index (κ2) is 4.80. The van der Waals surface area contributed by atoms with Crippen LogP contribution in [0.2, 0.25) is 0 Å². The predicted octanol–water partition coefficient (Wildman–Crippen LogP) is 3.24. The van der Waals surface area contributed by atoms with Crippen LogP contribution in [0.5, 0.6) is 0 Å². The molecule has 0 amide bonds. The van der Waals surface area contributed by atoms with Crippen molar-refractivity contribution in [2.45, 2.75) is 31.8 Å². The van der Waals surface area contributed by atoms with Gasteiger partial charge in [-0.25, -0.2) is 0 Å². The van der Waals surface area contributed by atoms with Crippen molar-refractivity contribution in [2.24, 2.45) is 0 Å². The van der Waals surface area contributed by atoms with E-state index in [0.29, 0.717) is 6.04 Å². The van der Waals surface area contributed by atoms with Crippen molar-refractivity contribution in [1.82, 2.24) is 5.32 Å². The smallest absolute Gasteiger partial charge is 0.131 e. The highest BCUT2D eigenvalue weighted by atomic mass is 79.9. The van der Waals surface area contributed by atoms with Gasteiger partial charge in [-0.1, -0.05) is 12.2 Å². The quantitative estimate of drug-likeness (QED) is 0.840. The minimum Gasteiger partial charge on any atom is -0.467 e. The molecule has 0 aliphatic heterocycles. The summed E-state index contributed by atoms with van der Waals surface area (Å²) in [5, 5.41) is 3.49. The molecule has 0 fully saturated rings. The van der Waals surface area contributed by atoms with E-state index >= 15 is 0 Å². The van der Waals surface area contributed by atoms with Gasteiger partial charge in [-0.15, -0.1) is 0 Å². The van der Waals surface area contributed by atoms with Gasteiger partial charge in [0.05, 0.1) is 17.3 Å². The molecule has 1 heterocycles. The maximum atomic E-state index is 5.33. The number of rotatable bonds is 3. The molecular formula is C11H14BrNO. The molecule has 3 heteroatoms. The molecule has 1 aromatic rings. The van der Waals surface area contributed by atoms with Crippen LogP contribution in [-0.4, -0.2) is 6.04 Å². The normalized spacial score (nSPS) is 21.4. The highest BCUT2D eigenvalue weighted by Crippen LogP contribution is 2.18. The molecule has 2 rings (SSSR count). The average molecular weight is 256 g/mol. The maximum absolute atomic E-state index is 5.33. The fraction of sp³-hybridized carbons (Fsp3) is 0.455. The van der Waals surface area contributed by atoms with Crippen LogP contribution < -0.4 is 5.32 Å². The molecule has 2 nitrogen and oxygen atoms in total. The van der Waals surface area contributed by atoms with Crippen molar-refractivity contribution in [3.05, 3.63) is 34.7 Å². The van der Waals surface area contributed by atoms with Crippen molar-refractivity contribution < 1.29 is 4.42 Å². The Balaban J connectivity index is 1.82. The average Bonchev–Trinajstić information content (AvgIpc) is 2.63. The van der Waals surface area contributed by atoms with Crippen LogP contribution in [-0.2, 0) is 6.54 Å². The van der Waals surface area contributed by atoms with E-state index in [4.69, 9.17) is 4.42 Å². The van der Waals surface area contributed by atoms with Crippen molar-refractivity contribution in [3.63, 3.8) is 0 Å². The summed E-state index contributed by atoms with van der Waals surface area (Å²) >= 11 is 3.44. The summed E-state index contributed by atoms with van der Waals surface area (Å²) in [7, 11) is 0. The van der Waals surface area contributed by atoms with E-state index in [1.54, 1.807) is 6.26 Å². The maximum Gasteiger partial charge on any atom is 0.131 e. The molecule has 0 bridgehead atoms. The highest BCUT2D eigenvalue weighted by Gasteiger charge is 2.10. The zero-order chi connectivity index (χ0) is 9.80. The molecule has 76 valence electrons. The van der Waals surface area contributed by atoms with Crippen LogP contribution in [0.3, 0.4) is 0 Å². The minimum absolute atomic E-state index is 0.608. The molecule has 1 aromatic heterocycles. The summed E-state index contributed by atoms with van der Waals surface area (Å²) in [5.41, 5.74) is 0. The first-order valence-electron chi connectivity index (χ1n) is 4.96. The summed E-state index contributed by atoms with van der Waals surface area (Å²) in [6.45, 7) is 0.812. The summed E-state index contributed by atoms with van der Waals surface area (Å²) in [6.07, 6.45) is 9.77. The van der Waals surface area contributed by atoms with Crippen LogP contribution in [0.15, 0.2) is 33.4 Å². The van der Waals surface area contributed by atoms with Gasteiger partial charge in [0.15, 0.2) is 0 Å². The first-order chi connectivity index (χ1) is 6.86. The number of nitrogens with one attached hydrogen (secondary N) is 1. The first kappa shape index (κ1) is 9.99. The van der Waals surface area contributed by atoms with Crippen LogP contribution in [0.4, 0.5) is 0 Å². The Labute approximate surface area is 92.5 Å². The molecule has 14 heavy (non-hydrogen) atoms. The van der Waals surface area contributed by atoms with Crippen LogP contribution in [0.25, 0.3) is 0 Å². The van der Waals surface area contributed by atoms with Gasteiger partial charge in [0.2, 0.25) is 0 Å². The Morgan fingerprint density at radius 3 is 3.07 bits per heavy atom. The summed E-state index contributed by atoms with van der Waals surface area (Å²) in [4.78, 5) is 0. The number of hydrogen-bond acceptors (Lipinski definition) is 2. The number of halogens is 1. The fourth-order valence-corrected chi connectivity index (χ4v) is 2.01. The topological polar surface area (TPSA) is 25.2 Å².